The van der Waals surface area contributed by atoms with Crippen molar-refractivity contribution < 1.29 is 4.79 Å². The van der Waals surface area contributed by atoms with E-state index in [0.29, 0.717) is 17.6 Å². The molecule has 18 heavy (non-hydrogen) atoms. The second-order valence-corrected chi connectivity index (χ2v) is 5.05. The Morgan fingerprint density at radius 3 is 2.39 bits per heavy atom. The van der Waals surface area contributed by atoms with Gasteiger partial charge in [-0.15, -0.1) is 0 Å². The van der Waals surface area contributed by atoms with E-state index in [2.05, 4.69) is 17.6 Å². The number of benzene rings is 1. The zero-order valence-electron chi connectivity index (χ0n) is 11.2. The van der Waals surface area contributed by atoms with E-state index in [0.717, 1.165) is 12.0 Å². The minimum absolute atomic E-state index is 0.0190. The van der Waals surface area contributed by atoms with Gasteiger partial charge in [-0.25, -0.2) is 0 Å². The summed E-state index contributed by atoms with van der Waals surface area (Å²) in [6.45, 7) is 6.44. The van der Waals surface area contributed by atoms with Crippen molar-refractivity contribution in [2.24, 2.45) is 0 Å². The molecule has 0 saturated heterocycles. The van der Waals surface area contributed by atoms with Crippen molar-refractivity contribution in [3.8, 4) is 0 Å². The highest BCUT2D eigenvalue weighted by atomic mass is 35.5. The lowest BCUT2D eigenvalue weighted by molar-refractivity contribution is -0.121. The van der Waals surface area contributed by atoms with Gasteiger partial charge in [0.15, 0.2) is 0 Å². The molecule has 0 aliphatic rings. The fourth-order valence-corrected chi connectivity index (χ4v) is 1.78. The van der Waals surface area contributed by atoms with Crippen LogP contribution in [0.1, 0.15) is 38.8 Å². The summed E-state index contributed by atoms with van der Waals surface area (Å²) in [4.78, 5) is 11.8. The fourth-order valence-electron chi connectivity index (χ4n) is 1.66. The molecule has 0 saturated carbocycles. The summed E-state index contributed by atoms with van der Waals surface area (Å²) in [7, 11) is 0. The molecule has 1 aromatic carbocycles. The third-order valence-corrected chi connectivity index (χ3v) is 2.94. The minimum Gasteiger partial charge on any atom is -0.348 e. The van der Waals surface area contributed by atoms with E-state index in [1.165, 1.54) is 0 Å². The Bertz CT molecular complexity index is 376. The van der Waals surface area contributed by atoms with E-state index in [1.54, 1.807) is 0 Å². The topological polar surface area (TPSA) is 41.1 Å². The molecule has 2 N–H and O–H groups in total. The second-order valence-electron chi connectivity index (χ2n) is 4.62. The van der Waals surface area contributed by atoms with Gasteiger partial charge in [-0.2, -0.15) is 0 Å². The standard InChI is InChI=1S/C14H21ClN2O/c1-4-13(11-5-7-12(15)8-6-11)17-14(18)9-16-10(2)3/h5-8,10,13,16H,4,9H2,1-3H3,(H,17,18). The Balaban J connectivity index is 2.56. The molecule has 0 radical (unpaired) electrons. The van der Waals surface area contributed by atoms with Gasteiger partial charge in [0.25, 0.3) is 0 Å². The van der Waals surface area contributed by atoms with Gasteiger partial charge in [0, 0.05) is 11.1 Å². The van der Waals surface area contributed by atoms with Crippen LogP contribution in [0.5, 0.6) is 0 Å². The summed E-state index contributed by atoms with van der Waals surface area (Å²) in [6.07, 6.45) is 0.856. The molecular formula is C14H21ClN2O. The predicted octanol–water partition coefficient (Wildman–Crippen LogP) is 2.91. The van der Waals surface area contributed by atoms with Crippen molar-refractivity contribution in [1.29, 1.82) is 0 Å². The summed E-state index contributed by atoms with van der Waals surface area (Å²) in [5, 5.41) is 6.83. The number of halogens is 1. The van der Waals surface area contributed by atoms with Crippen molar-refractivity contribution in [3.05, 3.63) is 34.9 Å². The normalized spacial score (nSPS) is 12.5. The van der Waals surface area contributed by atoms with Gasteiger partial charge in [-0.05, 0) is 24.1 Å². The number of carbonyl (C=O) groups is 1. The maximum Gasteiger partial charge on any atom is 0.234 e. The first kappa shape index (κ1) is 15.0. The van der Waals surface area contributed by atoms with E-state index in [1.807, 2.05) is 38.1 Å². The summed E-state index contributed by atoms with van der Waals surface area (Å²) in [5.41, 5.74) is 1.08. The van der Waals surface area contributed by atoms with Crippen LogP contribution in [0.15, 0.2) is 24.3 Å². The predicted molar refractivity (Wildman–Crippen MR) is 75.8 cm³/mol. The van der Waals surface area contributed by atoms with Gasteiger partial charge in [0.1, 0.15) is 0 Å². The van der Waals surface area contributed by atoms with Crippen LogP contribution in [0.4, 0.5) is 0 Å². The molecule has 1 rings (SSSR count). The molecule has 3 nitrogen and oxygen atoms in total. The number of nitrogens with one attached hydrogen (secondary N) is 2. The van der Waals surface area contributed by atoms with Crippen molar-refractivity contribution in [2.45, 2.75) is 39.3 Å². The van der Waals surface area contributed by atoms with Crippen LogP contribution in [0.2, 0.25) is 5.02 Å². The molecule has 1 atom stereocenters. The fraction of sp³-hybridized carbons (Fsp3) is 0.500. The van der Waals surface area contributed by atoms with Crippen molar-refractivity contribution >= 4 is 17.5 Å². The van der Waals surface area contributed by atoms with Gasteiger partial charge >= 0.3 is 0 Å². The van der Waals surface area contributed by atoms with Gasteiger partial charge in [0.2, 0.25) is 5.91 Å². The average molecular weight is 269 g/mol. The maximum atomic E-state index is 11.8. The summed E-state index contributed by atoms with van der Waals surface area (Å²) < 4.78 is 0. The third kappa shape index (κ3) is 5.07. The lowest BCUT2D eigenvalue weighted by atomic mass is 10.0. The van der Waals surface area contributed by atoms with E-state index >= 15 is 0 Å². The monoisotopic (exact) mass is 268 g/mol. The summed E-state index contributed by atoms with van der Waals surface area (Å²) in [6, 6.07) is 7.95. The highest BCUT2D eigenvalue weighted by Crippen LogP contribution is 2.18. The number of amides is 1. The summed E-state index contributed by atoms with van der Waals surface area (Å²) in [5.74, 6) is 0.0190. The largest absolute Gasteiger partial charge is 0.348 e. The van der Waals surface area contributed by atoms with Gasteiger partial charge in [0.05, 0.1) is 12.6 Å². The lowest BCUT2D eigenvalue weighted by Gasteiger charge is -2.18. The average Bonchev–Trinajstić information content (AvgIpc) is 2.34. The SMILES string of the molecule is CCC(NC(=O)CNC(C)C)c1ccc(Cl)cc1. The molecule has 0 aliphatic heterocycles. The number of hydrogen-bond donors (Lipinski definition) is 2. The molecule has 1 unspecified atom stereocenters. The minimum atomic E-state index is 0.0190. The molecule has 0 bridgehead atoms. The smallest absolute Gasteiger partial charge is 0.234 e. The molecule has 0 aliphatic carbocycles. The molecular weight excluding hydrogens is 248 g/mol. The highest BCUT2D eigenvalue weighted by Gasteiger charge is 2.12. The molecule has 100 valence electrons. The van der Waals surface area contributed by atoms with Crippen molar-refractivity contribution in [1.82, 2.24) is 10.6 Å². The van der Waals surface area contributed by atoms with E-state index < -0.39 is 0 Å². The van der Waals surface area contributed by atoms with Crippen molar-refractivity contribution in [2.75, 3.05) is 6.54 Å². The number of hydrogen-bond acceptors (Lipinski definition) is 2. The molecule has 1 amide bonds. The molecule has 4 heteroatoms. The molecule has 0 heterocycles. The Kier molecular flexibility index (Phi) is 6.16. The van der Waals surface area contributed by atoms with Gasteiger partial charge in [-0.3, -0.25) is 4.79 Å². The van der Waals surface area contributed by atoms with Crippen LogP contribution in [0.25, 0.3) is 0 Å². The van der Waals surface area contributed by atoms with E-state index in [-0.39, 0.29) is 11.9 Å². The molecule has 0 aromatic heterocycles. The second kappa shape index (κ2) is 7.39. The zero-order valence-corrected chi connectivity index (χ0v) is 11.9. The van der Waals surface area contributed by atoms with Gasteiger partial charge < -0.3 is 10.6 Å². The highest BCUT2D eigenvalue weighted by molar-refractivity contribution is 6.30. The lowest BCUT2D eigenvalue weighted by Crippen LogP contribution is -2.38. The van der Waals surface area contributed by atoms with Crippen LogP contribution < -0.4 is 10.6 Å². The third-order valence-electron chi connectivity index (χ3n) is 2.69. The molecule has 0 spiro atoms. The van der Waals surface area contributed by atoms with E-state index in [4.69, 9.17) is 11.6 Å². The Morgan fingerprint density at radius 1 is 1.28 bits per heavy atom. The van der Waals surface area contributed by atoms with E-state index in [9.17, 15) is 4.79 Å². The number of carbonyl (C=O) groups excluding carboxylic acids is 1. The van der Waals surface area contributed by atoms with Crippen molar-refractivity contribution in [3.63, 3.8) is 0 Å². The zero-order chi connectivity index (χ0) is 13.5. The first-order valence-corrected chi connectivity index (χ1v) is 6.69. The number of rotatable bonds is 6. The first-order chi connectivity index (χ1) is 8.52. The van der Waals surface area contributed by atoms with Gasteiger partial charge in [-0.1, -0.05) is 44.5 Å². The Morgan fingerprint density at radius 2 is 1.89 bits per heavy atom. The molecule has 0 fully saturated rings. The summed E-state index contributed by atoms with van der Waals surface area (Å²) >= 11 is 5.85. The van der Waals surface area contributed by atoms with Crippen LogP contribution in [-0.4, -0.2) is 18.5 Å². The Hall–Kier alpha value is -1.06. The van der Waals surface area contributed by atoms with Crippen LogP contribution in [0.3, 0.4) is 0 Å². The van der Waals surface area contributed by atoms with Crippen LogP contribution >= 0.6 is 11.6 Å². The maximum absolute atomic E-state index is 11.8. The quantitative estimate of drug-likeness (QED) is 0.833. The van der Waals surface area contributed by atoms with Crippen LogP contribution in [0, 0.1) is 0 Å². The molecule has 1 aromatic rings. The Labute approximate surface area is 114 Å². The van der Waals surface area contributed by atoms with Crippen LogP contribution in [-0.2, 0) is 4.79 Å². The first-order valence-electron chi connectivity index (χ1n) is 6.31.